The van der Waals surface area contributed by atoms with Crippen molar-refractivity contribution >= 4 is 18.2 Å². The molecule has 0 aromatic heterocycles. The molecule has 0 saturated heterocycles. The first-order valence-electron chi connectivity index (χ1n) is 3.29. The minimum atomic E-state index is -0.815. The number of nitrogens with zero attached hydrogens (tertiary/aromatic N) is 1. The number of amides is 1. The van der Waals surface area contributed by atoms with Gasteiger partial charge >= 0.3 is 0 Å². The Labute approximate surface area is 73.8 Å². The van der Waals surface area contributed by atoms with Crippen LogP contribution in [0.1, 0.15) is 0 Å². The van der Waals surface area contributed by atoms with E-state index in [2.05, 4.69) is 10.2 Å². The van der Waals surface area contributed by atoms with Gasteiger partial charge in [0.2, 0.25) is 6.41 Å². The molecule has 0 fully saturated rings. The van der Waals surface area contributed by atoms with Crippen LogP contribution in [0, 0.1) is 10.1 Å². The minimum absolute atomic E-state index is 0.0960. The number of nitrogens with one attached hydrogen (secondary N) is 1. The maximum atomic E-state index is 9.75. The van der Waals surface area contributed by atoms with Crippen molar-refractivity contribution in [3.05, 3.63) is 10.1 Å². The minimum Gasteiger partial charge on any atom is -0.358 e. The van der Waals surface area contributed by atoms with Crippen LogP contribution in [0.5, 0.6) is 0 Å². The number of rotatable bonds is 8. The van der Waals surface area contributed by atoms with Crippen molar-refractivity contribution in [2.75, 3.05) is 24.7 Å². The van der Waals surface area contributed by atoms with Gasteiger partial charge in [-0.25, -0.2) is 0 Å². The zero-order chi connectivity index (χ0) is 9.23. The first-order chi connectivity index (χ1) is 5.77. The van der Waals surface area contributed by atoms with E-state index >= 15 is 0 Å². The summed E-state index contributed by atoms with van der Waals surface area (Å²) in [5.41, 5.74) is 0. The smallest absolute Gasteiger partial charge is 0.294 e. The van der Waals surface area contributed by atoms with Gasteiger partial charge in [0.25, 0.3) is 5.09 Å². The fourth-order valence-electron chi connectivity index (χ4n) is 0.463. The van der Waals surface area contributed by atoms with E-state index in [1.165, 1.54) is 11.8 Å². The van der Waals surface area contributed by atoms with Gasteiger partial charge in [-0.2, -0.15) is 11.8 Å². The Kier molecular flexibility index (Phi) is 7.46. The number of carbonyl (C=O) groups excluding carboxylic acids is 1. The monoisotopic (exact) mass is 194 g/mol. The molecule has 0 heterocycles. The normalized spacial score (nSPS) is 9.00. The second-order valence-electron chi connectivity index (χ2n) is 1.74. The Morgan fingerprint density at radius 3 is 2.92 bits per heavy atom. The molecule has 7 heteroatoms. The highest BCUT2D eigenvalue weighted by molar-refractivity contribution is 7.99. The van der Waals surface area contributed by atoms with Crippen LogP contribution in [0.4, 0.5) is 0 Å². The average molecular weight is 194 g/mol. The van der Waals surface area contributed by atoms with E-state index in [4.69, 9.17) is 0 Å². The average Bonchev–Trinajstić information content (AvgIpc) is 2.02. The number of hydrogen-bond donors (Lipinski definition) is 1. The fraction of sp³-hybridized carbons (Fsp3) is 0.800. The molecule has 6 nitrogen and oxygen atoms in total. The largest absolute Gasteiger partial charge is 0.358 e. The molecule has 0 aromatic rings. The summed E-state index contributed by atoms with van der Waals surface area (Å²) in [6, 6.07) is 0. The van der Waals surface area contributed by atoms with Crippen molar-refractivity contribution in [1.82, 2.24) is 5.32 Å². The lowest BCUT2D eigenvalue weighted by molar-refractivity contribution is -0.756. The molecule has 0 aliphatic heterocycles. The van der Waals surface area contributed by atoms with Crippen molar-refractivity contribution in [2.45, 2.75) is 0 Å². The highest BCUT2D eigenvalue weighted by Crippen LogP contribution is 1.97. The summed E-state index contributed by atoms with van der Waals surface area (Å²) in [5, 5.41) is 11.3. The van der Waals surface area contributed by atoms with Gasteiger partial charge < -0.3 is 10.2 Å². The third-order valence-corrected chi connectivity index (χ3v) is 1.85. The SMILES string of the molecule is O=CNCCSCCO[N+](=O)[O-]. The summed E-state index contributed by atoms with van der Waals surface area (Å²) in [6.07, 6.45) is 0.619. The highest BCUT2D eigenvalue weighted by Gasteiger charge is 1.93. The molecule has 0 radical (unpaired) electrons. The Hall–Kier alpha value is -0.980. The molecular weight excluding hydrogens is 184 g/mol. The summed E-state index contributed by atoms with van der Waals surface area (Å²) in [5.74, 6) is 1.29. The number of thioether (sulfide) groups is 1. The molecule has 0 aromatic carbocycles. The number of carbonyl (C=O) groups is 1. The molecule has 0 rings (SSSR count). The molecule has 0 saturated carbocycles. The maximum absolute atomic E-state index is 9.75. The second-order valence-corrected chi connectivity index (χ2v) is 2.97. The van der Waals surface area contributed by atoms with Gasteiger partial charge in [0.05, 0.1) is 0 Å². The summed E-state index contributed by atoms with van der Waals surface area (Å²) < 4.78 is 0. The van der Waals surface area contributed by atoms with Crippen molar-refractivity contribution in [3.63, 3.8) is 0 Å². The van der Waals surface area contributed by atoms with Gasteiger partial charge in [0, 0.05) is 18.1 Å². The lowest BCUT2D eigenvalue weighted by Crippen LogP contribution is -2.14. The summed E-state index contributed by atoms with van der Waals surface area (Å²) in [6.45, 7) is 0.672. The third kappa shape index (κ3) is 9.02. The Morgan fingerprint density at radius 1 is 1.58 bits per heavy atom. The molecule has 0 unspecified atom stereocenters. The van der Waals surface area contributed by atoms with Crippen molar-refractivity contribution < 1.29 is 14.7 Å². The lowest BCUT2D eigenvalue weighted by Gasteiger charge is -1.99. The van der Waals surface area contributed by atoms with E-state index in [1.807, 2.05) is 0 Å². The Bertz CT molecular complexity index is 143. The predicted octanol–water partition coefficient (Wildman–Crippen LogP) is -0.326. The molecule has 0 spiro atoms. The van der Waals surface area contributed by atoms with Gasteiger partial charge in [-0.05, 0) is 0 Å². The summed E-state index contributed by atoms with van der Waals surface area (Å²) in [7, 11) is 0. The molecule has 70 valence electrons. The van der Waals surface area contributed by atoms with Crippen LogP contribution >= 0.6 is 11.8 Å². The number of hydrogen-bond acceptors (Lipinski definition) is 5. The van der Waals surface area contributed by atoms with Crippen LogP contribution in [-0.2, 0) is 9.63 Å². The van der Waals surface area contributed by atoms with Crippen LogP contribution in [0.3, 0.4) is 0 Å². The van der Waals surface area contributed by atoms with Gasteiger partial charge in [-0.1, -0.05) is 0 Å². The standard InChI is InChI=1S/C5H10N2O4S/c8-5-6-1-3-12-4-2-11-7(9)10/h5H,1-4H2,(H,6,8). The van der Waals surface area contributed by atoms with Crippen LogP contribution in [0.2, 0.25) is 0 Å². The van der Waals surface area contributed by atoms with Crippen LogP contribution < -0.4 is 5.32 Å². The first-order valence-corrected chi connectivity index (χ1v) is 4.45. The summed E-state index contributed by atoms with van der Waals surface area (Å²) >= 11 is 1.48. The van der Waals surface area contributed by atoms with Crippen molar-refractivity contribution in [2.24, 2.45) is 0 Å². The molecule has 1 amide bonds. The predicted molar refractivity (Wildman–Crippen MR) is 44.3 cm³/mol. The fourth-order valence-corrected chi connectivity index (χ4v) is 1.12. The van der Waals surface area contributed by atoms with Crippen LogP contribution in [0.25, 0.3) is 0 Å². The zero-order valence-electron chi connectivity index (χ0n) is 6.39. The first kappa shape index (κ1) is 11.0. The van der Waals surface area contributed by atoms with Gasteiger partial charge in [0.1, 0.15) is 6.61 Å². The molecule has 12 heavy (non-hydrogen) atoms. The summed E-state index contributed by atoms with van der Waals surface area (Å²) in [4.78, 5) is 23.5. The molecule has 0 aliphatic rings. The Balaban J connectivity index is 2.90. The quantitative estimate of drug-likeness (QED) is 0.248. The van der Waals surface area contributed by atoms with Crippen LogP contribution in [-0.4, -0.2) is 36.2 Å². The van der Waals surface area contributed by atoms with Gasteiger partial charge in [-0.3, -0.25) is 4.79 Å². The lowest BCUT2D eigenvalue weighted by atomic mass is 10.8. The van der Waals surface area contributed by atoms with Crippen molar-refractivity contribution in [3.8, 4) is 0 Å². The molecular formula is C5H10N2O4S. The molecule has 0 aliphatic carbocycles. The van der Waals surface area contributed by atoms with E-state index in [0.717, 1.165) is 5.75 Å². The van der Waals surface area contributed by atoms with E-state index in [9.17, 15) is 14.9 Å². The van der Waals surface area contributed by atoms with Gasteiger partial charge in [-0.15, -0.1) is 10.1 Å². The van der Waals surface area contributed by atoms with Crippen LogP contribution in [0.15, 0.2) is 0 Å². The molecule has 0 bridgehead atoms. The zero-order valence-corrected chi connectivity index (χ0v) is 7.21. The second kappa shape index (κ2) is 8.12. The molecule has 0 atom stereocenters. The van der Waals surface area contributed by atoms with Gasteiger partial charge in [0.15, 0.2) is 0 Å². The topological polar surface area (TPSA) is 81.5 Å². The third-order valence-electron chi connectivity index (χ3n) is 0.898. The van der Waals surface area contributed by atoms with E-state index in [0.29, 0.717) is 18.7 Å². The van der Waals surface area contributed by atoms with E-state index in [1.54, 1.807) is 0 Å². The maximum Gasteiger partial charge on any atom is 0.294 e. The highest BCUT2D eigenvalue weighted by atomic mass is 32.2. The Morgan fingerprint density at radius 2 is 2.33 bits per heavy atom. The molecule has 1 N–H and O–H groups in total. The van der Waals surface area contributed by atoms with E-state index in [-0.39, 0.29) is 6.61 Å². The van der Waals surface area contributed by atoms with Crippen molar-refractivity contribution in [1.29, 1.82) is 0 Å². The van der Waals surface area contributed by atoms with E-state index < -0.39 is 5.09 Å².